The topological polar surface area (TPSA) is 83.1 Å². The molecule has 0 saturated heterocycles. The fraction of sp³-hybridized carbons (Fsp3) is 0.300. The van der Waals surface area contributed by atoms with E-state index >= 15 is 0 Å². The van der Waals surface area contributed by atoms with Crippen molar-refractivity contribution in [3.8, 4) is 11.5 Å². The van der Waals surface area contributed by atoms with E-state index in [0.717, 1.165) is 11.1 Å². The summed E-state index contributed by atoms with van der Waals surface area (Å²) in [4.78, 5) is 24.2. The van der Waals surface area contributed by atoms with Crippen molar-refractivity contribution in [2.75, 3.05) is 20.3 Å². The Morgan fingerprint density at radius 2 is 1.78 bits per heavy atom. The molecule has 0 aliphatic carbocycles. The molecule has 7 heteroatoms. The number of alkyl carbamates (subject to hydrolysis) is 1. The van der Waals surface area contributed by atoms with Crippen molar-refractivity contribution >= 4 is 12.1 Å². The van der Waals surface area contributed by atoms with E-state index < -0.39 is 18.1 Å². The lowest BCUT2D eigenvalue weighted by molar-refractivity contribution is -0.143. The molecule has 0 aromatic heterocycles. The molecular formula is C20H21NO6. The Kier molecular flexibility index (Phi) is 6.14. The molecule has 0 fully saturated rings. The molecule has 1 amide bonds. The van der Waals surface area contributed by atoms with E-state index in [2.05, 4.69) is 5.32 Å². The van der Waals surface area contributed by atoms with Crippen LogP contribution in [0.25, 0.3) is 0 Å². The van der Waals surface area contributed by atoms with E-state index in [4.69, 9.17) is 18.9 Å². The van der Waals surface area contributed by atoms with E-state index in [1.165, 1.54) is 7.11 Å². The number of methoxy groups -OCH3 is 1. The maximum absolute atomic E-state index is 12.1. The molecule has 1 N–H and O–H groups in total. The number of fused-ring (bicyclic) bond motifs is 1. The highest BCUT2D eigenvalue weighted by Gasteiger charge is 2.24. The van der Waals surface area contributed by atoms with Gasteiger partial charge in [0.05, 0.1) is 7.11 Å². The zero-order valence-corrected chi connectivity index (χ0v) is 15.0. The Hall–Kier alpha value is -3.22. The molecule has 1 unspecified atom stereocenters. The molecular weight excluding hydrogens is 350 g/mol. The number of amides is 1. The van der Waals surface area contributed by atoms with Gasteiger partial charge in [-0.05, 0) is 23.3 Å². The monoisotopic (exact) mass is 371 g/mol. The van der Waals surface area contributed by atoms with Crippen LogP contribution in [0.1, 0.15) is 11.1 Å². The van der Waals surface area contributed by atoms with Crippen molar-refractivity contribution in [2.45, 2.75) is 19.1 Å². The van der Waals surface area contributed by atoms with Crippen LogP contribution >= 0.6 is 0 Å². The zero-order chi connectivity index (χ0) is 19.1. The average Bonchev–Trinajstić information content (AvgIpc) is 2.72. The molecule has 3 rings (SSSR count). The van der Waals surface area contributed by atoms with Crippen molar-refractivity contribution in [1.29, 1.82) is 0 Å². The molecule has 7 nitrogen and oxygen atoms in total. The highest BCUT2D eigenvalue weighted by Crippen LogP contribution is 2.31. The van der Waals surface area contributed by atoms with Gasteiger partial charge in [-0.15, -0.1) is 0 Å². The van der Waals surface area contributed by atoms with Crippen molar-refractivity contribution in [3.63, 3.8) is 0 Å². The van der Waals surface area contributed by atoms with Crippen molar-refractivity contribution in [1.82, 2.24) is 5.32 Å². The lowest BCUT2D eigenvalue weighted by Gasteiger charge is -2.20. The summed E-state index contributed by atoms with van der Waals surface area (Å²) in [5, 5.41) is 2.56. The summed E-state index contributed by atoms with van der Waals surface area (Å²) in [7, 11) is 1.27. The first-order chi connectivity index (χ1) is 13.2. The van der Waals surface area contributed by atoms with E-state index in [-0.39, 0.29) is 13.0 Å². The fourth-order valence-corrected chi connectivity index (χ4v) is 2.69. The smallest absolute Gasteiger partial charge is 0.408 e. The van der Waals surface area contributed by atoms with Gasteiger partial charge in [0.1, 0.15) is 25.9 Å². The van der Waals surface area contributed by atoms with Gasteiger partial charge in [0.25, 0.3) is 0 Å². The Morgan fingerprint density at radius 3 is 2.52 bits per heavy atom. The van der Waals surface area contributed by atoms with Crippen LogP contribution in [0.2, 0.25) is 0 Å². The van der Waals surface area contributed by atoms with Gasteiger partial charge in [-0.1, -0.05) is 36.4 Å². The highest BCUT2D eigenvalue weighted by atomic mass is 16.6. The maximum atomic E-state index is 12.1. The minimum absolute atomic E-state index is 0.116. The lowest BCUT2D eigenvalue weighted by Crippen LogP contribution is -2.43. The predicted molar refractivity (Wildman–Crippen MR) is 96.7 cm³/mol. The van der Waals surface area contributed by atoms with Gasteiger partial charge in [-0.25, -0.2) is 9.59 Å². The predicted octanol–water partition coefficient (Wildman–Crippen LogP) is 2.47. The Labute approximate surface area is 157 Å². The third-order valence-electron chi connectivity index (χ3n) is 4.04. The zero-order valence-electron chi connectivity index (χ0n) is 15.0. The summed E-state index contributed by atoms with van der Waals surface area (Å²) in [6, 6.07) is 13.8. The summed E-state index contributed by atoms with van der Waals surface area (Å²) < 4.78 is 21.0. The second-order valence-corrected chi connectivity index (χ2v) is 5.96. The number of carbonyl (C=O) groups is 2. The van der Waals surface area contributed by atoms with Crippen LogP contribution in [-0.2, 0) is 27.3 Å². The standard InChI is InChI=1S/C20H21NO6/c1-24-19(22)16(21-20(23)27-13-14-5-3-2-4-6-14)11-15-7-8-17-18(12-15)26-10-9-25-17/h2-8,12,16H,9-11,13H2,1H3,(H,21,23). The van der Waals surface area contributed by atoms with Crippen LogP contribution in [0.15, 0.2) is 48.5 Å². The fourth-order valence-electron chi connectivity index (χ4n) is 2.69. The van der Waals surface area contributed by atoms with Crippen molar-refractivity contribution in [3.05, 3.63) is 59.7 Å². The van der Waals surface area contributed by atoms with Crippen molar-refractivity contribution in [2.24, 2.45) is 0 Å². The molecule has 1 atom stereocenters. The van der Waals surface area contributed by atoms with Gasteiger partial charge < -0.3 is 24.3 Å². The third-order valence-corrected chi connectivity index (χ3v) is 4.04. The molecule has 1 aliphatic heterocycles. The summed E-state index contributed by atoms with van der Waals surface area (Å²) >= 11 is 0. The van der Waals surface area contributed by atoms with Crippen LogP contribution < -0.4 is 14.8 Å². The van der Waals surface area contributed by atoms with Gasteiger partial charge >= 0.3 is 12.1 Å². The second-order valence-electron chi connectivity index (χ2n) is 5.96. The molecule has 1 heterocycles. The van der Waals surface area contributed by atoms with E-state index in [1.54, 1.807) is 12.1 Å². The second kappa shape index (κ2) is 8.93. The molecule has 1 aliphatic rings. The maximum Gasteiger partial charge on any atom is 0.408 e. The number of nitrogens with one attached hydrogen (secondary N) is 1. The number of hydrogen-bond donors (Lipinski definition) is 1. The summed E-state index contributed by atoms with van der Waals surface area (Å²) in [6.07, 6.45) is -0.448. The SMILES string of the molecule is COC(=O)C(Cc1ccc2c(c1)OCCO2)NC(=O)OCc1ccccc1. The minimum atomic E-state index is -0.874. The Bertz CT molecular complexity index is 792. The Morgan fingerprint density at radius 1 is 1.04 bits per heavy atom. The van der Waals surface area contributed by atoms with Crippen LogP contribution in [0.4, 0.5) is 4.79 Å². The quantitative estimate of drug-likeness (QED) is 0.786. The minimum Gasteiger partial charge on any atom is -0.486 e. The van der Waals surface area contributed by atoms with E-state index in [9.17, 15) is 9.59 Å². The summed E-state index contributed by atoms with van der Waals surface area (Å²) in [6.45, 7) is 1.09. The van der Waals surface area contributed by atoms with Gasteiger partial charge in [0.2, 0.25) is 0 Å². The summed E-state index contributed by atoms with van der Waals surface area (Å²) in [5.41, 5.74) is 1.66. The van der Waals surface area contributed by atoms with Crippen LogP contribution in [0.3, 0.4) is 0 Å². The number of esters is 1. The van der Waals surface area contributed by atoms with Crippen LogP contribution in [-0.4, -0.2) is 38.4 Å². The molecule has 0 spiro atoms. The summed E-state index contributed by atoms with van der Waals surface area (Å²) in [5.74, 6) is 0.727. The van der Waals surface area contributed by atoms with Crippen molar-refractivity contribution < 1.29 is 28.5 Å². The molecule has 27 heavy (non-hydrogen) atoms. The van der Waals surface area contributed by atoms with Gasteiger partial charge in [0, 0.05) is 6.42 Å². The first-order valence-corrected chi connectivity index (χ1v) is 8.59. The van der Waals surface area contributed by atoms with E-state index in [1.807, 2.05) is 36.4 Å². The molecule has 0 bridgehead atoms. The van der Waals surface area contributed by atoms with Gasteiger partial charge in [-0.2, -0.15) is 0 Å². The Balaban J connectivity index is 1.61. The van der Waals surface area contributed by atoms with Crippen LogP contribution in [0, 0.1) is 0 Å². The van der Waals surface area contributed by atoms with Gasteiger partial charge in [-0.3, -0.25) is 0 Å². The number of rotatable bonds is 6. The largest absolute Gasteiger partial charge is 0.486 e. The third kappa shape index (κ3) is 5.13. The highest BCUT2D eigenvalue weighted by molar-refractivity contribution is 5.81. The normalized spacial score (nSPS) is 13.4. The molecule has 0 saturated carbocycles. The first kappa shape index (κ1) is 18.6. The number of hydrogen-bond acceptors (Lipinski definition) is 6. The number of carbonyl (C=O) groups excluding carboxylic acids is 2. The van der Waals surface area contributed by atoms with E-state index in [0.29, 0.717) is 24.7 Å². The molecule has 2 aromatic carbocycles. The number of ether oxygens (including phenoxy) is 4. The van der Waals surface area contributed by atoms with Gasteiger partial charge in [0.15, 0.2) is 11.5 Å². The molecule has 142 valence electrons. The molecule has 0 radical (unpaired) electrons. The molecule has 2 aromatic rings. The first-order valence-electron chi connectivity index (χ1n) is 8.59. The average molecular weight is 371 g/mol. The number of benzene rings is 2. The lowest BCUT2D eigenvalue weighted by atomic mass is 10.1. The van der Waals surface area contributed by atoms with Crippen LogP contribution in [0.5, 0.6) is 11.5 Å².